The van der Waals surface area contributed by atoms with Crippen molar-refractivity contribution in [3.05, 3.63) is 0 Å². The standard InChI is InChI=1S/C20H35NO/c1-21-18-10-11-19(21)13-15(12-18)14-20(22,16-6-2-3-7-16)17-8-4-5-9-17/h15-19,22H,2-14H2,1H3. The molecular formula is C20H35NO. The van der Waals surface area contributed by atoms with Crippen LogP contribution in [0.15, 0.2) is 0 Å². The van der Waals surface area contributed by atoms with Crippen LogP contribution in [0.4, 0.5) is 0 Å². The van der Waals surface area contributed by atoms with Crippen LogP contribution in [0, 0.1) is 17.8 Å². The molecule has 4 fully saturated rings. The fraction of sp³-hybridized carbons (Fsp3) is 1.00. The van der Waals surface area contributed by atoms with Gasteiger partial charge < -0.3 is 10.0 Å². The third kappa shape index (κ3) is 2.65. The van der Waals surface area contributed by atoms with E-state index in [9.17, 15) is 5.11 Å². The van der Waals surface area contributed by atoms with Crippen molar-refractivity contribution in [2.45, 2.75) is 101 Å². The summed E-state index contributed by atoms with van der Waals surface area (Å²) in [5, 5.41) is 11.8. The van der Waals surface area contributed by atoms with Gasteiger partial charge in [-0.2, -0.15) is 0 Å². The Morgan fingerprint density at radius 1 is 0.818 bits per heavy atom. The van der Waals surface area contributed by atoms with Crippen molar-refractivity contribution < 1.29 is 5.11 Å². The predicted octanol–water partition coefficient (Wildman–Crippen LogP) is 4.36. The SMILES string of the molecule is CN1C2CCC1CC(CC(O)(C1CCCC1)C1CCCC1)C2. The van der Waals surface area contributed by atoms with E-state index in [0.717, 1.165) is 24.4 Å². The van der Waals surface area contributed by atoms with Crippen molar-refractivity contribution in [1.82, 2.24) is 4.90 Å². The first-order chi connectivity index (χ1) is 10.7. The first-order valence-electron chi connectivity index (χ1n) is 10.1. The van der Waals surface area contributed by atoms with Gasteiger partial charge in [-0.15, -0.1) is 0 Å². The van der Waals surface area contributed by atoms with Gasteiger partial charge in [0.1, 0.15) is 0 Å². The van der Waals surface area contributed by atoms with Gasteiger partial charge in [0.15, 0.2) is 0 Å². The highest BCUT2D eigenvalue weighted by Gasteiger charge is 2.48. The Morgan fingerprint density at radius 2 is 1.27 bits per heavy atom. The lowest BCUT2D eigenvalue weighted by molar-refractivity contribution is -0.0909. The van der Waals surface area contributed by atoms with Crippen LogP contribution in [-0.4, -0.2) is 34.7 Å². The summed E-state index contributed by atoms with van der Waals surface area (Å²) in [5.41, 5.74) is -0.312. The highest BCUT2D eigenvalue weighted by molar-refractivity contribution is 5.01. The van der Waals surface area contributed by atoms with E-state index in [1.54, 1.807) is 0 Å². The van der Waals surface area contributed by atoms with E-state index in [1.165, 1.54) is 77.0 Å². The van der Waals surface area contributed by atoms with Gasteiger partial charge in [0.05, 0.1) is 5.60 Å². The van der Waals surface area contributed by atoms with Crippen molar-refractivity contribution in [2.75, 3.05) is 7.05 Å². The van der Waals surface area contributed by atoms with Gasteiger partial charge in [0.2, 0.25) is 0 Å². The smallest absolute Gasteiger partial charge is 0.0706 e. The molecule has 2 atom stereocenters. The molecule has 2 nitrogen and oxygen atoms in total. The third-order valence-electron chi connectivity index (χ3n) is 7.94. The molecule has 4 rings (SSSR count). The largest absolute Gasteiger partial charge is 0.389 e. The molecule has 2 bridgehead atoms. The lowest BCUT2D eigenvalue weighted by atomic mass is 9.68. The number of fused-ring (bicyclic) bond motifs is 2. The summed E-state index contributed by atoms with van der Waals surface area (Å²) in [6, 6.07) is 1.64. The summed E-state index contributed by atoms with van der Waals surface area (Å²) in [4.78, 5) is 2.64. The fourth-order valence-electron chi connectivity index (χ4n) is 6.67. The second-order valence-electron chi connectivity index (χ2n) is 9.05. The molecule has 22 heavy (non-hydrogen) atoms. The molecule has 4 aliphatic rings. The fourth-order valence-corrected chi connectivity index (χ4v) is 6.67. The van der Waals surface area contributed by atoms with E-state index in [-0.39, 0.29) is 5.60 Å². The molecule has 2 saturated carbocycles. The molecule has 2 unspecified atom stereocenters. The minimum Gasteiger partial charge on any atom is -0.389 e. The maximum absolute atomic E-state index is 11.8. The zero-order valence-electron chi connectivity index (χ0n) is 14.5. The van der Waals surface area contributed by atoms with Crippen molar-refractivity contribution in [1.29, 1.82) is 0 Å². The summed E-state index contributed by atoms with van der Waals surface area (Å²) < 4.78 is 0. The molecule has 0 aromatic heterocycles. The van der Waals surface area contributed by atoms with Gasteiger partial charge in [-0.3, -0.25) is 0 Å². The van der Waals surface area contributed by atoms with Crippen LogP contribution in [0.25, 0.3) is 0 Å². The van der Waals surface area contributed by atoms with E-state index in [0.29, 0.717) is 11.8 Å². The van der Waals surface area contributed by atoms with Gasteiger partial charge in [0.25, 0.3) is 0 Å². The Kier molecular flexibility index (Phi) is 4.28. The van der Waals surface area contributed by atoms with Crippen LogP contribution < -0.4 is 0 Å². The highest BCUT2D eigenvalue weighted by Crippen LogP contribution is 2.50. The quantitative estimate of drug-likeness (QED) is 0.834. The Labute approximate surface area is 136 Å². The van der Waals surface area contributed by atoms with Crippen LogP contribution in [0.2, 0.25) is 0 Å². The van der Waals surface area contributed by atoms with Crippen LogP contribution in [0.5, 0.6) is 0 Å². The molecule has 0 spiro atoms. The normalized spacial score (nSPS) is 38.2. The average Bonchev–Trinajstić information content (AvgIpc) is 3.22. The van der Waals surface area contributed by atoms with Gasteiger partial charge in [-0.25, -0.2) is 0 Å². The maximum atomic E-state index is 11.8. The minimum atomic E-state index is -0.312. The molecule has 2 heteroatoms. The van der Waals surface area contributed by atoms with Crippen molar-refractivity contribution >= 4 is 0 Å². The lowest BCUT2D eigenvalue weighted by Crippen LogP contribution is -2.48. The second-order valence-corrected chi connectivity index (χ2v) is 9.05. The average molecular weight is 306 g/mol. The number of aliphatic hydroxyl groups is 1. The molecule has 2 aliphatic heterocycles. The summed E-state index contributed by atoms with van der Waals surface area (Å²) in [6.07, 6.45) is 17.3. The minimum absolute atomic E-state index is 0.312. The molecule has 2 aliphatic carbocycles. The molecule has 2 saturated heterocycles. The Bertz CT molecular complexity index is 353. The van der Waals surface area contributed by atoms with E-state index < -0.39 is 0 Å². The van der Waals surface area contributed by atoms with Crippen LogP contribution >= 0.6 is 0 Å². The van der Waals surface area contributed by atoms with Crippen molar-refractivity contribution in [3.8, 4) is 0 Å². The van der Waals surface area contributed by atoms with Crippen LogP contribution in [0.1, 0.15) is 83.5 Å². The molecular weight excluding hydrogens is 270 g/mol. The Hall–Kier alpha value is -0.0800. The summed E-state index contributed by atoms with van der Waals surface area (Å²) >= 11 is 0. The second kappa shape index (κ2) is 6.09. The topological polar surface area (TPSA) is 23.5 Å². The van der Waals surface area contributed by atoms with Gasteiger partial charge in [0, 0.05) is 12.1 Å². The first kappa shape index (κ1) is 15.4. The van der Waals surface area contributed by atoms with E-state index in [1.807, 2.05) is 0 Å². The molecule has 0 radical (unpaired) electrons. The predicted molar refractivity (Wildman–Crippen MR) is 90.8 cm³/mol. The van der Waals surface area contributed by atoms with E-state index in [4.69, 9.17) is 0 Å². The first-order valence-corrected chi connectivity index (χ1v) is 10.1. The summed E-state index contributed by atoms with van der Waals surface area (Å²) in [6.45, 7) is 0. The highest BCUT2D eigenvalue weighted by atomic mass is 16.3. The summed E-state index contributed by atoms with van der Waals surface area (Å²) in [7, 11) is 2.33. The molecule has 0 aromatic rings. The lowest BCUT2D eigenvalue weighted by Gasteiger charge is -2.45. The molecule has 0 aromatic carbocycles. The number of hydrogen-bond acceptors (Lipinski definition) is 2. The Morgan fingerprint density at radius 3 is 1.73 bits per heavy atom. The number of hydrogen-bond donors (Lipinski definition) is 1. The monoisotopic (exact) mass is 305 g/mol. The van der Waals surface area contributed by atoms with Gasteiger partial charge in [-0.1, -0.05) is 25.7 Å². The van der Waals surface area contributed by atoms with Crippen molar-refractivity contribution in [3.63, 3.8) is 0 Å². The maximum Gasteiger partial charge on any atom is 0.0706 e. The number of nitrogens with zero attached hydrogens (tertiary/aromatic N) is 1. The number of rotatable bonds is 4. The van der Waals surface area contributed by atoms with Crippen molar-refractivity contribution in [2.24, 2.45) is 17.8 Å². The Balaban J connectivity index is 1.49. The molecule has 1 N–H and O–H groups in total. The summed E-state index contributed by atoms with van der Waals surface area (Å²) in [5.74, 6) is 2.03. The van der Waals surface area contributed by atoms with Gasteiger partial charge in [-0.05, 0) is 82.6 Å². The number of piperidine rings is 1. The van der Waals surface area contributed by atoms with E-state index in [2.05, 4.69) is 11.9 Å². The third-order valence-corrected chi connectivity index (χ3v) is 7.94. The molecule has 0 amide bonds. The van der Waals surface area contributed by atoms with Crippen LogP contribution in [-0.2, 0) is 0 Å². The molecule has 126 valence electrons. The van der Waals surface area contributed by atoms with E-state index >= 15 is 0 Å². The zero-order chi connectivity index (χ0) is 15.2. The van der Waals surface area contributed by atoms with Gasteiger partial charge >= 0.3 is 0 Å². The zero-order valence-corrected chi connectivity index (χ0v) is 14.5. The van der Waals surface area contributed by atoms with Crippen LogP contribution in [0.3, 0.4) is 0 Å². The molecule has 2 heterocycles.